The minimum atomic E-state index is -0.807. The third-order valence-electron chi connectivity index (χ3n) is 4.42. The van der Waals surface area contributed by atoms with E-state index in [-0.39, 0.29) is 12.5 Å². The number of hydrogen-bond acceptors (Lipinski definition) is 5. The highest BCUT2D eigenvalue weighted by Crippen LogP contribution is 2.36. The molecule has 0 atom stereocenters. The fourth-order valence-electron chi connectivity index (χ4n) is 3.17. The number of primary amides is 1. The largest absolute Gasteiger partial charge is 0.442 e. The van der Waals surface area contributed by atoms with E-state index in [0.717, 1.165) is 21.2 Å². The monoisotopic (exact) mass is 410 g/mol. The number of carbonyl (C=O) groups is 1. The number of benzene rings is 1. The Morgan fingerprint density at radius 2 is 1.83 bits per heavy atom. The maximum absolute atomic E-state index is 11.2. The van der Waals surface area contributed by atoms with Crippen molar-refractivity contribution in [2.75, 3.05) is 0 Å². The van der Waals surface area contributed by atoms with E-state index in [4.69, 9.17) is 15.5 Å². The summed E-state index contributed by atoms with van der Waals surface area (Å²) in [6.07, 6.45) is 2.73. The molecule has 0 saturated carbocycles. The predicted octanol–water partition coefficient (Wildman–Crippen LogP) is 4.81. The summed E-state index contributed by atoms with van der Waals surface area (Å²) in [5.74, 6) is 0.894. The number of aryl methyl sites for hydroxylation is 2. The summed E-state index contributed by atoms with van der Waals surface area (Å²) >= 11 is 1.68. The van der Waals surface area contributed by atoms with Crippen LogP contribution in [0.4, 0.5) is 4.79 Å². The number of rotatable bonds is 7. The van der Waals surface area contributed by atoms with Crippen LogP contribution in [-0.2, 0) is 17.9 Å². The number of pyridine rings is 1. The Kier molecular flexibility index (Phi) is 6.59. The van der Waals surface area contributed by atoms with Gasteiger partial charge in [0.2, 0.25) is 0 Å². The van der Waals surface area contributed by atoms with Crippen molar-refractivity contribution >= 4 is 17.9 Å². The molecule has 1 aromatic carbocycles. The van der Waals surface area contributed by atoms with Crippen LogP contribution < -0.4 is 5.73 Å². The molecule has 1 amide bonds. The first-order valence-corrected chi connectivity index (χ1v) is 10.3. The van der Waals surface area contributed by atoms with Crippen molar-refractivity contribution in [2.24, 2.45) is 5.73 Å². The summed E-state index contributed by atoms with van der Waals surface area (Å²) in [6.45, 7) is 9.06. The first-order valence-electron chi connectivity index (χ1n) is 9.50. The number of ether oxygens (including phenoxy) is 1. The number of hydrogen-bond donors (Lipinski definition) is 1. The van der Waals surface area contributed by atoms with Crippen LogP contribution in [0.1, 0.15) is 48.0 Å². The molecule has 6 nitrogen and oxygen atoms in total. The lowest BCUT2D eigenvalue weighted by atomic mass is 10.1. The zero-order valence-electron chi connectivity index (χ0n) is 17.2. The molecule has 2 aromatic heterocycles. The van der Waals surface area contributed by atoms with Crippen molar-refractivity contribution in [1.29, 1.82) is 0 Å². The van der Waals surface area contributed by atoms with Crippen LogP contribution in [0.25, 0.3) is 0 Å². The van der Waals surface area contributed by atoms with Gasteiger partial charge >= 0.3 is 6.09 Å². The van der Waals surface area contributed by atoms with Crippen LogP contribution in [0, 0.1) is 13.8 Å². The second-order valence-electron chi connectivity index (χ2n) is 7.35. The molecule has 0 aliphatic rings. The lowest BCUT2D eigenvalue weighted by Crippen LogP contribution is -2.15. The quantitative estimate of drug-likeness (QED) is 0.604. The average molecular weight is 411 g/mol. The molecule has 0 saturated heterocycles. The summed E-state index contributed by atoms with van der Waals surface area (Å²) in [5, 5.41) is 1.05. The molecule has 0 fully saturated rings. The molecule has 7 heteroatoms. The molecule has 3 aromatic rings. The summed E-state index contributed by atoms with van der Waals surface area (Å²) in [6, 6.07) is 10.4. The molecular formula is C22H26N4O2S. The van der Waals surface area contributed by atoms with E-state index in [0.29, 0.717) is 12.4 Å². The van der Waals surface area contributed by atoms with Gasteiger partial charge in [-0.25, -0.2) is 9.78 Å². The highest BCUT2D eigenvalue weighted by molar-refractivity contribution is 7.99. The maximum atomic E-state index is 11.2. The van der Waals surface area contributed by atoms with Gasteiger partial charge in [-0.05, 0) is 60.7 Å². The molecule has 0 unspecified atom stereocenters. The Morgan fingerprint density at radius 1 is 1.17 bits per heavy atom. The van der Waals surface area contributed by atoms with Crippen LogP contribution in [0.3, 0.4) is 0 Å². The predicted molar refractivity (Wildman–Crippen MR) is 114 cm³/mol. The van der Waals surface area contributed by atoms with Crippen molar-refractivity contribution in [3.63, 3.8) is 0 Å². The van der Waals surface area contributed by atoms with E-state index >= 15 is 0 Å². The van der Waals surface area contributed by atoms with Gasteiger partial charge in [-0.3, -0.25) is 4.98 Å². The Morgan fingerprint density at radius 3 is 2.41 bits per heavy atom. The number of imidazole rings is 1. The number of amides is 1. The van der Waals surface area contributed by atoms with Gasteiger partial charge in [-0.1, -0.05) is 31.7 Å². The van der Waals surface area contributed by atoms with Gasteiger partial charge < -0.3 is 15.0 Å². The molecule has 0 spiro atoms. The van der Waals surface area contributed by atoms with E-state index < -0.39 is 6.09 Å². The third kappa shape index (κ3) is 5.38. The fraction of sp³-hybridized carbons (Fsp3) is 0.318. The first-order chi connectivity index (χ1) is 13.8. The van der Waals surface area contributed by atoms with Gasteiger partial charge in [0.1, 0.15) is 10.9 Å². The second kappa shape index (κ2) is 9.13. The van der Waals surface area contributed by atoms with Gasteiger partial charge in [0.25, 0.3) is 0 Å². The van der Waals surface area contributed by atoms with Crippen molar-refractivity contribution < 1.29 is 9.53 Å². The summed E-state index contributed by atoms with van der Waals surface area (Å²) in [5.41, 5.74) is 9.70. The summed E-state index contributed by atoms with van der Waals surface area (Å²) in [7, 11) is 0. The van der Waals surface area contributed by atoms with Gasteiger partial charge in [0, 0.05) is 17.3 Å². The zero-order valence-corrected chi connectivity index (χ0v) is 18.0. The van der Waals surface area contributed by atoms with Gasteiger partial charge in [-0.2, -0.15) is 0 Å². The van der Waals surface area contributed by atoms with Crippen LogP contribution in [0.5, 0.6) is 0 Å². The van der Waals surface area contributed by atoms with E-state index in [1.54, 1.807) is 24.2 Å². The van der Waals surface area contributed by atoms with Gasteiger partial charge in [-0.15, -0.1) is 0 Å². The lowest BCUT2D eigenvalue weighted by molar-refractivity contribution is 0.145. The minimum Gasteiger partial charge on any atom is -0.442 e. The highest BCUT2D eigenvalue weighted by atomic mass is 32.2. The average Bonchev–Trinajstić information content (AvgIpc) is 2.97. The summed E-state index contributed by atoms with van der Waals surface area (Å²) < 4.78 is 7.18. The SMILES string of the molecule is Cc1cc(C)cc(Sc2c(C(C)C)nc(COC(N)=O)n2Cc2ccncc2)c1. The van der Waals surface area contributed by atoms with Crippen LogP contribution >= 0.6 is 11.8 Å². The van der Waals surface area contributed by atoms with Crippen molar-refractivity contribution in [1.82, 2.24) is 14.5 Å². The third-order valence-corrected chi connectivity index (χ3v) is 5.51. The van der Waals surface area contributed by atoms with Crippen LogP contribution in [0.15, 0.2) is 52.6 Å². The lowest BCUT2D eigenvalue weighted by Gasteiger charge is -2.14. The molecule has 29 heavy (non-hydrogen) atoms. The highest BCUT2D eigenvalue weighted by Gasteiger charge is 2.21. The molecule has 152 valence electrons. The smallest absolute Gasteiger partial charge is 0.404 e. The van der Waals surface area contributed by atoms with E-state index in [2.05, 4.69) is 55.4 Å². The molecule has 0 bridgehead atoms. The molecular weight excluding hydrogens is 384 g/mol. The summed E-state index contributed by atoms with van der Waals surface area (Å²) in [4.78, 5) is 21.2. The fourth-order valence-corrected chi connectivity index (χ4v) is 4.55. The van der Waals surface area contributed by atoms with E-state index in [1.165, 1.54) is 11.1 Å². The standard InChI is InChI=1S/C22H26N4O2S/c1-14(2)20-21(29-18-10-15(3)9-16(4)11-18)26(12-17-5-7-24-8-6-17)19(25-20)13-28-22(23)27/h5-11,14H,12-13H2,1-4H3,(H2,23,27). The Labute approximate surface area is 175 Å². The van der Waals surface area contributed by atoms with Gasteiger partial charge in [0.05, 0.1) is 12.2 Å². The number of carbonyl (C=O) groups excluding carboxylic acids is 1. The molecule has 0 aliphatic heterocycles. The topological polar surface area (TPSA) is 83.0 Å². The number of nitrogens with two attached hydrogens (primary N) is 1. The molecule has 3 rings (SSSR count). The normalized spacial score (nSPS) is 11.1. The van der Waals surface area contributed by atoms with Crippen molar-refractivity contribution in [3.05, 3.63) is 70.9 Å². The molecule has 0 aliphatic carbocycles. The van der Waals surface area contributed by atoms with E-state index in [1.807, 2.05) is 12.1 Å². The van der Waals surface area contributed by atoms with Crippen molar-refractivity contribution in [3.8, 4) is 0 Å². The molecule has 0 radical (unpaired) electrons. The van der Waals surface area contributed by atoms with Crippen LogP contribution in [-0.4, -0.2) is 20.6 Å². The zero-order chi connectivity index (χ0) is 21.0. The Balaban J connectivity index is 2.08. The van der Waals surface area contributed by atoms with Gasteiger partial charge in [0.15, 0.2) is 6.61 Å². The first kappa shape index (κ1) is 20.9. The minimum absolute atomic E-state index is 0.0353. The molecule has 2 heterocycles. The molecule has 2 N–H and O–H groups in total. The Bertz CT molecular complexity index is 979. The van der Waals surface area contributed by atoms with E-state index in [9.17, 15) is 4.79 Å². The second-order valence-corrected chi connectivity index (χ2v) is 8.41. The van der Waals surface area contributed by atoms with Crippen molar-refractivity contribution in [2.45, 2.75) is 56.7 Å². The maximum Gasteiger partial charge on any atom is 0.404 e. The Hall–Kier alpha value is -2.80. The number of nitrogens with zero attached hydrogens (tertiary/aromatic N) is 3. The van der Waals surface area contributed by atoms with Crippen LogP contribution in [0.2, 0.25) is 0 Å². The number of aromatic nitrogens is 3.